The molecule has 0 aromatic heterocycles. The predicted molar refractivity (Wildman–Crippen MR) is 229 cm³/mol. The number of anilines is 1. The van der Waals surface area contributed by atoms with E-state index in [0.29, 0.717) is 30.2 Å². The molecule has 1 aliphatic carbocycles. The molecule has 0 fully saturated rings. The summed E-state index contributed by atoms with van der Waals surface area (Å²) in [5.41, 5.74) is 7.97. The van der Waals surface area contributed by atoms with Crippen LogP contribution in [0.3, 0.4) is 0 Å². The van der Waals surface area contributed by atoms with Gasteiger partial charge in [-0.2, -0.15) is 0 Å². The van der Waals surface area contributed by atoms with E-state index in [1.54, 1.807) is 11.0 Å². The van der Waals surface area contributed by atoms with Crippen LogP contribution < -0.4 is 9.64 Å². The van der Waals surface area contributed by atoms with Crippen molar-refractivity contribution in [3.63, 3.8) is 0 Å². The molecule has 1 heterocycles. The molecule has 1 atom stereocenters. The van der Waals surface area contributed by atoms with Crippen molar-refractivity contribution in [2.24, 2.45) is 0 Å². The third-order valence-corrected chi connectivity index (χ3v) is 12.8. The predicted octanol–water partition coefficient (Wildman–Crippen LogP) is 10.7. The highest BCUT2D eigenvalue weighted by molar-refractivity contribution is 6.31. The maximum Gasteiger partial charge on any atom is 0.414 e. The molecule has 7 nitrogen and oxygen atoms in total. The zero-order valence-corrected chi connectivity index (χ0v) is 34.7. The molecule has 8 rings (SSSR count). The molecule has 8 heteroatoms. The number of benzene rings is 6. The lowest BCUT2D eigenvalue weighted by Crippen LogP contribution is -2.40. The first-order chi connectivity index (χ1) is 27.5. The van der Waals surface area contributed by atoms with Gasteiger partial charge in [0.15, 0.2) is 9.76 Å². The standard InChI is InChI=1S/C49H49NO6Si/c1-48(2,3)57-56-49(4,5)42-28-50(47(52)55-31-41-37-22-14-12-20-35(37)36-21-13-15-23-38(36)41)43-27-44(53-29-32-16-8-6-9-17-32)39-25-24-34(26-40(39)45(42)43)46(51)54-30-33-18-10-7-11-19-33/h6-27,41-42H,28-31,57H2,1-5H3. The van der Waals surface area contributed by atoms with Gasteiger partial charge in [-0.1, -0.05) is 130 Å². The first kappa shape index (κ1) is 38.2. The van der Waals surface area contributed by atoms with Crippen LogP contribution in [0.2, 0.25) is 5.04 Å². The molecular weight excluding hydrogens is 727 g/mol. The second kappa shape index (κ2) is 15.7. The van der Waals surface area contributed by atoms with Gasteiger partial charge in [0.25, 0.3) is 0 Å². The molecule has 2 aliphatic rings. The van der Waals surface area contributed by atoms with Gasteiger partial charge in [-0.3, -0.25) is 4.90 Å². The fraction of sp³-hybridized carbons (Fsp3) is 0.265. The summed E-state index contributed by atoms with van der Waals surface area (Å²) in [6, 6.07) is 43.9. The summed E-state index contributed by atoms with van der Waals surface area (Å²) in [6.07, 6.45) is -0.434. The zero-order valence-electron chi connectivity index (χ0n) is 33.3. The number of hydrogen-bond donors (Lipinski definition) is 0. The SMILES string of the molecule is CC(C)(C)[SiH2]OC(C)(C)C1CN(C(=O)OCC2c3ccccc3-c3ccccc32)c2cc(OCc3ccccc3)c3ccc(C(=O)OCc4ccccc4)cc3c21. The second-order valence-electron chi connectivity index (χ2n) is 16.8. The maximum absolute atomic E-state index is 14.6. The van der Waals surface area contributed by atoms with Crippen LogP contribution in [0.1, 0.15) is 84.6 Å². The second-order valence-corrected chi connectivity index (χ2v) is 19.5. The lowest BCUT2D eigenvalue weighted by atomic mass is 9.83. The number of hydrogen-bond acceptors (Lipinski definition) is 6. The van der Waals surface area contributed by atoms with Gasteiger partial charge in [0.05, 0.1) is 16.9 Å². The number of ether oxygens (including phenoxy) is 3. The Bertz CT molecular complexity index is 2380. The van der Waals surface area contributed by atoms with Crippen LogP contribution in [0.5, 0.6) is 5.75 Å². The Balaban J connectivity index is 1.19. The van der Waals surface area contributed by atoms with Crippen molar-refractivity contribution in [3.05, 3.63) is 167 Å². The topological polar surface area (TPSA) is 74.3 Å². The van der Waals surface area contributed by atoms with Crippen LogP contribution in [0.15, 0.2) is 133 Å². The number of esters is 1. The zero-order chi connectivity index (χ0) is 39.7. The summed E-state index contributed by atoms with van der Waals surface area (Å²) in [4.78, 5) is 29.9. The molecule has 1 amide bonds. The Labute approximate surface area is 337 Å². The van der Waals surface area contributed by atoms with Crippen molar-refractivity contribution in [3.8, 4) is 16.9 Å². The minimum absolute atomic E-state index is 0.0536. The largest absolute Gasteiger partial charge is 0.488 e. The van der Waals surface area contributed by atoms with Crippen LogP contribution in [0.4, 0.5) is 10.5 Å². The van der Waals surface area contributed by atoms with E-state index in [1.807, 2.05) is 103 Å². The molecule has 0 N–H and O–H groups in total. The summed E-state index contributed by atoms with van der Waals surface area (Å²) in [6.45, 7) is 11.9. The number of carbonyl (C=O) groups excluding carboxylic acids is 2. The highest BCUT2D eigenvalue weighted by atomic mass is 28.2. The molecule has 290 valence electrons. The van der Waals surface area contributed by atoms with Crippen LogP contribution in [0.25, 0.3) is 21.9 Å². The third kappa shape index (κ3) is 7.97. The minimum atomic E-state index is -0.984. The highest BCUT2D eigenvalue weighted by Crippen LogP contribution is 2.51. The van der Waals surface area contributed by atoms with E-state index in [-0.39, 0.29) is 30.1 Å². The van der Waals surface area contributed by atoms with Gasteiger partial charge in [-0.05, 0) is 81.4 Å². The molecule has 6 aromatic carbocycles. The van der Waals surface area contributed by atoms with Gasteiger partial charge in [-0.25, -0.2) is 9.59 Å². The fourth-order valence-corrected chi connectivity index (χ4v) is 9.07. The van der Waals surface area contributed by atoms with Crippen molar-refractivity contribution >= 4 is 38.3 Å². The summed E-state index contributed by atoms with van der Waals surface area (Å²) in [7, 11) is -0.984. The monoisotopic (exact) mass is 775 g/mol. The summed E-state index contributed by atoms with van der Waals surface area (Å²) in [5, 5.41) is 1.71. The van der Waals surface area contributed by atoms with E-state index in [2.05, 4.69) is 58.9 Å². The van der Waals surface area contributed by atoms with Gasteiger partial charge in [0, 0.05) is 29.8 Å². The Kier molecular flexibility index (Phi) is 10.5. The van der Waals surface area contributed by atoms with E-state index in [4.69, 9.17) is 18.6 Å². The van der Waals surface area contributed by atoms with Crippen molar-refractivity contribution in [2.75, 3.05) is 18.1 Å². The van der Waals surface area contributed by atoms with Gasteiger partial charge >= 0.3 is 12.1 Å². The summed E-state index contributed by atoms with van der Waals surface area (Å²) in [5.74, 6) is -0.132. The van der Waals surface area contributed by atoms with E-state index in [1.165, 1.54) is 11.1 Å². The first-order valence-electron chi connectivity index (χ1n) is 19.7. The van der Waals surface area contributed by atoms with Gasteiger partial charge < -0.3 is 18.6 Å². The Morgan fingerprint density at radius 3 is 1.91 bits per heavy atom. The average molecular weight is 776 g/mol. The van der Waals surface area contributed by atoms with E-state index in [9.17, 15) is 9.59 Å². The Morgan fingerprint density at radius 2 is 1.28 bits per heavy atom. The van der Waals surface area contributed by atoms with Crippen LogP contribution in [-0.4, -0.2) is 40.6 Å². The van der Waals surface area contributed by atoms with Crippen molar-refractivity contribution in [1.82, 2.24) is 0 Å². The molecular formula is C49H49NO6Si. The van der Waals surface area contributed by atoms with Crippen molar-refractivity contribution in [1.29, 1.82) is 0 Å². The molecule has 1 unspecified atom stereocenters. The molecule has 0 spiro atoms. The normalized spacial score (nSPS) is 15.1. The first-order valence-corrected chi connectivity index (χ1v) is 21.0. The average Bonchev–Trinajstić information content (AvgIpc) is 3.78. The number of carbonyl (C=O) groups is 2. The van der Waals surface area contributed by atoms with E-state index in [0.717, 1.165) is 38.6 Å². The lowest BCUT2D eigenvalue weighted by Gasteiger charge is -2.35. The minimum Gasteiger partial charge on any atom is -0.488 e. The van der Waals surface area contributed by atoms with Gasteiger partial charge in [-0.15, -0.1) is 0 Å². The Hall–Kier alpha value is -5.70. The van der Waals surface area contributed by atoms with Gasteiger partial charge in [0.2, 0.25) is 0 Å². The fourth-order valence-electron chi connectivity index (χ4n) is 8.06. The summed E-state index contributed by atoms with van der Waals surface area (Å²) >= 11 is 0. The number of nitrogens with zero attached hydrogens (tertiary/aromatic N) is 1. The van der Waals surface area contributed by atoms with E-state index >= 15 is 0 Å². The number of fused-ring (bicyclic) bond motifs is 6. The van der Waals surface area contributed by atoms with Crippen molar-refractivity contribution in [2.45, 2.75) is 70.3 Å². The van der Waals surface area contributed by atoms with Crippen LogP contribution >= 0.6 is 0 Å². The molecule has 0 saturated carbocycles. The van der Waals surface area contributed by atoms with E-state index < -0.39 is 27.4 Å². The van der Waals surface area contributed by atoms with Crippen molar-refractivity contribution < 1.29 is 28.2 Å². The molecule has 57 heavy (non-hydrogen) atoms. The number of rotatable bonds is 11. The number of amides is 1. The molecule has 0 saturated heterocycles. The molecule has 1 aliphatic heterocycles. The summed E-state index contributed by atoms with van der Waals surface area (Å²) < 4.78 is 25.6. The Morgan fingerprint density at radius 1 is 0.684 bits per heavy atom. The molecule has 0 radical (unpaired) electrons. The molecule has 0 bridgehead atoms. The molecule has 6 aromatic rings. The van der Waals surface area contributed by atoms with Crippen LogP contribution in [0, 0.1) is 0 Å². The smallest absolute Gasteiger partial charge is 0.414 e. The lowest BCUT2D eigenvalue weighted by molar-refractivity contribution is 0.0473. The third-order valence-electron chi connectivity index (χ3n) is 11.1. The highest BCUT2D eigenvalue weighted by Gasteiger charge is 2.45. The van der Waals surface area contributed by atoms with Gasteiger partial charge in [0.1, 0.15) is 25.6 Å². The maximum atomic E-state index is 14.6. The van der Waals surface area contributed by atoms with Crippen LogP contribution in [-0.2, 0) is 27.1 Å². The quantitative estimate of drug-likeness (QED) is 0.0964.